The van der Waals surface area contributed by atoms with Gasteiger partial charge in [0.15, 0.2) is 0 Å². The van der Waals surface area contributed by atoms with Crippen molar-refractivity contribution in [2.75, 3.05) is 19.7 Å². The Kier molecular flexibility index (Phi) is 2.50. The molecule has 0 amide bonds. The van der Waals surface area contributed by atoms with Gasteiger partial charge in [0.25, 0.3) is 0 Å². The molecule has 0 spiro atoms. The van der Waals surface area contributed by atoms with E-state index in [4.69, 9.17) is 0 Å². The average Bonchev–Trinajstić information content (AvgIpc) is 2.32. The van der Waals surface area contributed by atoms with Gasteiger partial charge in [0.2, 0.25) is 0 Å². The molecule has 0 aromatic heterocycles. The van der Waals surface area contributed by atoms with Gasteiger partial charge < -0.3 is 5.11 Å². The van der Waals surface area contributed by atoms with E-state index in [0.717, 1.165) is 19.5 Å². The molecule has 1 unspecified atom stereocenters. The highest BCUT2D eigenvalue weighted by Crippen LogP contribution is 2.33. The van der Waals surface area contributed by atoms with Crippen molar-refractivity contribution in [3.8, 4) is 0 Å². The number of likely N-dealkylation sites (tertiary alicyclic amines) is 1. The van der Waals surface area contributed by atoms with Crippen molar-refractivity contribution in [1.29, 1.82) is 0 Å². The SMILES string of the molecule is CC1(CO)CCN(C(C)(C)C)C1. The molecule has 72 valence electrons. The van der Waals surface area contributed by atoms with Crippen molar-refractivity contribution >= 4 is 0 Å². The molecular weight excluding hydrogens is 150 g/mol. The van der Waals surface area contributed by atoms with Crippen LogP contribution in [0.15, 0.2) is 0 Å². The molecule has 1 heterocycles. The summed E-state index contributed by atoms with van der Waals surface area (Å²) >= 11 is 0. The van der Waals surface area contributed by atoms with E-state index in [1.165, 1.54) is 0 Å². The van der Waals surface area contributed by atoms with Crippen LogP contribution in [-0.2, 0) is 0 Å². The lowest BCUT2D eigenvalue weighted by Gasteiger charge is -2.33. The number of aliphatic hydroxyl groups excluding tert-OH is 1. The van der Waals surface area contributed by atoms with Crippen LogP contribution < -0.4 is 0 Å². The van der Waals surface area contributed by atoms with Crippen molar-refractivity contribution in [3.63, 3.8) is 0 Å². The lowest BCUT2D eigenvalue weighted by Crippen LogP contribution is -2.41. The Morgan fingerprint density at radius 2 is 2.00 bits per heavy atom. The second-order valence-electron chi connectivity index (χ2n) is 5.31. The van der Waals surface area contributed by atoms with Gasteiger partial charge in [-0.25, -0.2) is 0 Å². The van der Waals surface area contributed by atoms with E-state index in [1.54, 1.807) is 0 Å². The van der Waals surface area contributed by atoms with E-state index in [9.17, 15) is 5.11 Å². The van der Waals surface area contributed by atoms with Gasteiger partial charge in [0, 0.05) is 24.1 Å². The molecule has 1 aliphatic heterocycles. The highest BCUT2D eigenvalue weighted by Gasteiger charge is 2.37. The first kappa shape index (κ1) is 10.0. The highest BCUT2D eigenvalue weighted by molar-refractivity contribution is 4.91. The number of nitrogens with zero attached hydrogens (tertiary/aromatic N) is 1. The Hall–Kier alpha value is -0.0800. The molecule has 12 heavy (non-hydrogen) atoms. The first-order valence-corrected chi connectivity index (χ1v) is 4.73. The molecule has 0 radical (unpaired) electrons. The van der Waals surface area contributed by atoms with Crippen molar-refractivity contribution in [2.45, 2.75) is 39.7 Å². The summed E-state index contributed by atoms with van der Waals surface area (Å²) in [5, 5.41) is 9.18. The predicted octanol–water partition coefficient (Wildman–Crippen LogP) is 1.49. The van der Waals surface area contributed by atoms with Crippen LogP contribution in [0.4, 0.5) is 0 Å². The predicted molar refractivity (Wildman–Crippen MR) is 51.1 cm³/mol. The normalized spacial score (nSPS) is 32.8. The Morgan fingerprint density at radius 3 is 2.25 bits per heavy atom. The summed E-state index contributed by atoms with van der Waals surface area (Å²) in [6, 6.07) is 0. The van der Waals surface area contributed by atoms with Gasteiger partial charge >= 0.3 is 0 Å². The topological polar surface area (TPSA) is 23.5 Å². The summed E-state index contributed by atoms with van der Waals surface area (Å²) in [5.41, 5.74) is 0.403. The Bertz CT molecular complexity index is 162. The third-order valence-corrected chi connectivity index (χ3v) is 2.89. The fraction of sp³-hybridized carbons (Fsp3) is 1.00. The first-order chi connectivity index (χ1) is 5.37. The Morgan fingerprint density at radius 1 is 1.42 bits per heavy atom. The number of rotatable bonds is 1. The van der Waals surface area contributed by atoms with E-state index in [0.29, 0.717) is 6.61 Å². The summed E-state index contributed by atoms with van der Waals surface area (Å²) in [4.78, 5) is 2.45. The van der Waals surface area contributed by atoms with E-state index in [2.05, 4.69) is 32.6 Å². The molecule has 2 heteroatoms. The Labute approximate surface area is 75.6 Å². The van der Waals surface area contributed by atoms with Gasteiger partial charge in [-0.15, -0.1) is 0 Å². The lowest BCUT2D eigenvalue weighted by molar-refractivity contribution is 0.113. The minimum absolute atomic E-state index is 0.146. The molecule has 1 aliphatic rings. The third-order valence-electron chi connectivity index (χ3n) is 2.89. The smallest absolute Gasteiger partial charge is 0.0497 e. The zero-order chi connectivity index (χ0) is 9.41. The van der Waals surface area contributed by atoms with E-state index >= 15 is 0 Å². The Balaban J connectivity index is 2.57. The van der Waals surface area contributed by atoms with E-state index in [1.807, 2.05) is 0 Å². The third kappa shape index (κ3) is 1.99. The summed E-state index contributed by atoms with van der Waals surface area (Å²) in [6.07, 6.45) is 1.13. The molecule has 1 rings (SSSR count). The maximum Gasteiger partial charge on any atom is 0.0497 e. The molecule has 1 atom stereocenters. The minimum atomic E-state index is 0.146. The van der Waals surface area contributed by atoms with Crippen molar-refractivity contribution < 1.29 is 5.11 Å². The summed E-state index contributed by atoms with van der Waals surface area (Å²) in [7, 11) is 0. The van der Waals surface area contributed by atoms with Crippen LogP contribution in [0.5, 0.6) is 0 Å². The minimum Gasteiger partial charge on any atom is -0.396 e. The summed E-state index contributed by atoms with van der Waals surface area (Å²) in [5.74, 6) is 0. The molecule has 0 bridgehead atoms. The quantitative estimate of drug-likeness (QED) is 0.646. The van der Waals surface area contributed by atoms with Gasteiger partial charge in [-0.05, 0) is 33.7 Å². The standard InChI is InChI=1S/C10H21NO/c1-9(2,3)11-6-5-10(4,7-11)8-12/h12H,5-8H2,1-4H3. The number of hydrogen-bond acceptors (Lipinski definition) is 2. The second-order valence-corrected chi connectivity index (χ2v) is 5.31. The average molecular weight is 171 g/mol. The maximum atomic E-state index is 9.18. The zero-order valence-corrected chi connectivity index (χ0v) is 8.72. The molecule has 0 aromatic carbocycles. The van der Waals surface area contributed by atoms with Crippen molar-refractivity contribution in [3.05, 3.63) is 0 Å². The molecule has 2 nitrogen and oxygen atoms in total. The van der Waals surface area contributed by atoms with Crippen molar-refractivity contribution in [1.82, 2.24) is 4.90 Å². The van der Waals surface area contributed by atoms with Crippen LogP contribution in [0.25, 0.3) is 0 Å². The van der Waals surface area contributed by atoms with Gasteiger partial charge in [-0.3, -0.25) is 4.90 Å². The van der Waals surface area contributed by atoms with E-state index < -0.39 is 0 Å². The monoisotopic (exact) mass is 171 g/mol. The molecule has 1 fully saturated rings. The summed E-state index contributed by atoms with van der Waals surface area (Å²) < 4.78 is 0. The molecule has 0 aliphatic carbocycles. The molecule has 0 aromatic rings. The van der Waals surface area contributed by atoms with Crippen LogP contribution in [0.3, 0.4) is 0 Å². The van der Waals surface area contributed by atoms with Crippen LogP contribution in [0.1, 0.15) is 34.1 Å². The van der Waals surface area contributed by atoms with Crippen molar-refractivity contribution in [2.24, 2.45) is 5.41 Å². The zero-order valence-electron chi connectivity index (χ0n) is 8.72. The fourth-order valence-electron chi connectivity index (χ4n) is 1.73. The molecular formula is C10H21NO. The van der Waals surface area contributed by atoms with Crippen LogP contribution in [0, 0.1) is 5.41 Å². The lowest BCUT2D eigenvalue weighted by atomic mass is 9.91. The highest BCUT2D eigenvalue weighted by atomic mass is 16.3. The summed E-state index contributed by atoms with van der Waals surface area (Å²) in [6.45, 7) is 11.3. The molecule has 1 saturated heterocycles. The molecule has 1 N–H and O–H groups in total. The van der Waals surface area contributed by atoms with Gasteiger partial charge in [0.1, 0.15) is 0 Å². The van der Waals surface area contributed by atoms with Crippen LogP contribution in [0.2, 0.25) is 0 Å². The number of hydrogen-bond donors (Lipinski definition) is 1. The van der Waals surface area contributed by atoms with Crippen LogP contribution in [-0.4, -0.2) is 35.2 Å². The maximum absolute atomic E-state index is 9.18. The molecule has 0 saturated carbocycles. The second kappa shape index (κ2) is 3.00. The fourth-order valence-corrected chi connectivity index (χ4v) is 1.73. The number of aliphatic hydroxyl groups is 1. The van der Waals surface area contributed by atoms with Gasteiger partial charge in [0.05, 0.1) is 0 Å². The van der Waals surface area contributed by atoms with Gasteiger partial charge in [-0.2, -0.15) is 0 Å². The largest absolute Gasteiger partial charge is 0.396 e. The first-order valence-electron chi connectivity index (χ1n) is 4.73. The van der Waals surface area contributed by atoms with Gasteiger partial charge in [-0.1, -0.05) is 6.92 Å². The van der Waals surface area contributed by atoms with E-state index in [-0.39, 0.29) is 11.0 Å². The van der Waals surface area contributed by atoms with Crippen LogP contribution >= 0.6 is 0 Å².